The molecule has 46 heavy (non-hydrogen) atoms. The average Bonchev–Trinajstić information content (AvgIpc) is 3.07. The van der Waals surface area contributed by atoms with Gasteiger partial charge in [0.25, 0.3) is 11.8 Å². The Labute approximate surface area is 274 Å². The number of nitrogens with one attached hydrogen (secondary N) is 3. The summed E-state index contributed by atoms with van der Waals surface area (Å²) in [5.74, 6) is 0.393. The van der Waals surface area contributed by atoms with Crippen LogP contribution in [0.15, 0.2) is 108 Å². The summed E-state index contributed by atoms with van der Waals surface area (Å²) >= 11 is 1.42. The molecule has 0 aliphatic carbocycles. The second kappa shape index (κ2) is 16.3. The number of carbonyl (C=O) groups is 3. The Balaban J connectivity index is 1.52. The SMILES string of the molecule is CCC(Sc1cccc(NC(=O)/C(=C\c2ccc(OC)c(OC)c2)NC(=O)c2ccccc2)c1)C(=O)Nc1ccc(C(C)C)cc1. The van der Waals surface area contributed by atoms with E-state index in [1.807, 2.05) is 55.5 Å². The molecule has 1 unspecified atom stereocenters. The van der Waals surface area contributed by atoms with Gasteiger partial charge in [-0.2, -0.15) is 0 Å². The summed E-state index contributed by atoms with van der Waals surface area (Å²) in [7, 11) is 3.07. The van der Waals surface area contributed by atoms with E-state index in [2.05, 4.69) is 29.8 Å². The number of anilines is 2. The zero-order valence-electron chi connectivity index (χ0n) is 26.6. The van der Waals surface area contributed by atoms with E-state index in [1.165, 1.54) is 24.4 Å². The van der Waals surface area contributed by atoms with Crippen molar-refractivity contribution >= 4 is 46.9 Å². The lowest BCUT2D eigenvalue weighted by molar-refractivity contribution is -0.116. The minimum atomic E-state index is -0.518. The first-order valence-electron chi connectivity index (χ1n) is 15.0. The van der Waals surface area contributed by atoms with Gasteiger partial charge in [-0.15, -0.1) is 11.8 Å². The highest BCUT2D eigenvalue weighted by atomic mass is 32.2. The van der Waals surface area contributed by atoms with E-state index in [9.17, 15) is 14.4 Å². The van der Waals surface area contributed by atoms with E-state index < -0.39 is 11.8 Å². The van der Waals surface area contributed by atoms with Crippen LogP contribution in [0.3, 0.4) is 0 Å². The van der Waals surface area contributed by atoms with Gasteiger partial charge in [-0.1, -0.05) is 63.2 Å². The lowest BCUT2D eigenvalue weighted by atomic mass is 10.0. The second-order valence-corrected chi connectivity index (χ2v) is 12.0. The normalized spacial score (nSPS) is 11.8. The predicted octanol–water partition coefficient (Wildman–Crippen LogP) is 7.75. The third-order valence-corrected chi connectivity index (χ3v) is 8.48. The molecule has 9 heteroatoms. The maximum atomic E-state index is 13.6. The Morgan fingerprint density at radius 1 is 0.783 bits per heavy atom. The third kappa shape index (κ3) is 9.25. The van der Waals surface area contributed by atoms with E-state index in [4.69, 9.17) is 9.47 Å². The van der Waals surface area contributed by atoms with Crippen LogP contribution >= 0.6 is 11.8 Å². The maximum absolute atomic E-state index is 13.6. The molecule has 0 aliphatic heterocycles. The van der Waals surface area contributed by atoms with Crippen LogP contribution in [0.1, 0.15) is 54.6 Å². The molecule has 4 aromatic carbocycles. The number of amides is 3. The number of hydrogen-bond donors (Lipinski definition) is 3. The van der Waals surface area contributed by atoms with Crippen LogP contribution in [0.5, 0.6) is 11.5 Å². The average molecular weight is 638 g/mol. The topological polar surface area (TPSA) is 106 Å². The van der Waals surface area contributed by atoms with E-state index >= 15 is 0 Å². The summed E-state index contributed by atoms with van der Waals surface area (Å²) in [6.07, 6.45) is 2.18. The molecular weight excluding hydrogens is 598 g/mol. The molecular formula is C37H39N3O5S. The highest BCUT2D eigenvalue weighted by Crippen LogP contribution is 2.30. The van der Waals surface area contributed by atoms with Gasteiger partial charge in [0.15, 0.2) is 11.5 Å². The van der Waals surface area contributed by atoms with E-state index in [1.54, 1.807) is 61.7 Å². The zero-order chi connectivity index (χ0) is 33.1. The fourth-order valence-corrected chi connectivity index (χ4v) is 5.57. The van der Waals surface area contributed by atoms with Gasteiger partial charge in [-0.25, -0.2) is 0 Å². The Morgan fingerprint density at radius 3 is 2.15 bits per heavy atom. The Morgan fingerprint density at radius 2 is 1.50 bits per heavy atom. The molecule has 0 bridgehead atoms. The first-order chi connectivity index (χ1) is 22.2. The molecule has 3 amide bonds. The van der Waals surface area contributed by atoms with Gasteiger partial charge in [-0.3, -0.25) is 14.4 Å². The zero-order valence-corrected chi connectivity index (χ0v) is 27.4. The summed E-state index contributed by atoms with van der Waals surface area (Å²) in [5.41, 5.74) is 3.54. The Kier molecular flexibility index (Phi) is 12.0. The van der Waals surface area contributed by atoms with E-state index in [0.717, 1.165) is 10.6 Å². The summed E-state index contributed by atoms with van der Waals surface area (Å²) in [4.78, 5) is 40.6. The van der Waals surface area contributed by atoms with Crippen LogP contribution < -0.4 is 25.4 Å². The number of hydrogen-bond acceptors (Lipinski definition) is 6. The molecule has 0 saturated carbocycles. The summed E-state index contributed by atoms with van der Waals surface area (Å²) in [6.45, 7) is 6.22. The molecule has 0 radical (unpaired) electrons. The molecule has 0 aliphatic rings. The van der Waals surface area contributed by atoms with Gasteiger partial charge in [0.2, 0.25) is 5.91 Å². The fourth-order valence-electron chi connectivity index (χ4n) is 4.56. The van der Waals surface area contributed by atoms with Crippen molar-refractivity contribution in [3.63, 3.8) is 0 Å². The van der Waals surface area contributed by atoms with Gasteiger partial charge in [-0.05, 0) is 84.1 Å². The standard InChI is InChI=1S/C37H39N3O5S/c1-6-34(37(43)38-28-18-16-26(17-19-28)24(2)3)46-30-14-10-13-29(23-30)39-36(42)31(40-35(41)27-11-8-7-9-12-27)21-25-15-20-32(44-4)33(22-25)45-5/h7-24,34H,6H2,1-5H3,(H,38,43)(H,39,42)(H,40,41)/b31-21+. The molecule has 0 spiro atoms. The maximum Gasteiger partial charge on any atom is 0.272 e. The Bertz CT molecular complexity index is 1690. The molecule has 0 saturated heterocycles. The first-order valence-corrected chi connectivity index (χ1v) is 15.9. The summed E-state index contributed by atoms with van der Waals surface area (Å²) in [5, 5.41) is 8.32. The van der Waals surface area contributed by atoms with Crippen LogP contribution in [0.4, 0.5) is 11.4 Å². The number of ether oxygens (including phenoxy) is 2. The number of methoxy groups -OCH3 is 2. The van der Waals surface area contributed by atoms with Gasteiger partial charge >= 0.3 is 0 Å². The summed E-state index contributed by atoms with van der Waals surface area (Å²) in [6, 6.07) is 29.0. The minimum absolute atomic E-state index is 0.0356. The van der Waals surface area contributed by atoms with Crippen molar-refractivity contribution in [1.82, 2.24) is 5.32 Å². The number of benzene rings is 4. The van der Waals surface area contributed by atoms with Crippen LogP contribution in [-0.4, -0.2) is 37.2 Å². The van der Waals surface area contributed by atoms with Gasteiger partial charge in [0, 0.05) is 21.8 Å². The predicted molar refractivity (Wildman–Crippen MR) is 186 cm³/mol. The first kappa shape index (κ1) is 33.9. The molecule has 238 valence electrons. The van der Waals surface area contributed by atoms with Crippen LogP contribution in [0, 0.1) is 0 Å². The smallest absolute Gasteiger partial charge is 0.272 e. The number of thioether (sulfide) groups is 1. The molecule has 8 nitrogen and oxygen atoms in total. The summed E-state index contributed by atoms with van der Waals surface area (Å²) < 4.78 is 10.7. The van der Waals surface area contributed by atoms with Gasteiger partial charge < -0.3 is 25.4 Å². The van der Waals surface area contributed by atoms with Crippen LogP contribution in [0.2, 0.25) is 0 Å². The molecule has 4 aromatic rings. The van der Waals surface area contributed by atoms with Gasteiger partial charge in [0.1, 0.15) is 5.70 Å². The molecule has 3 N–H and O–H groups in total. The lowest BCUT2D eigenvalue weighted by Gasteiger charge is -2.16. The molecule has 0 aromatic heterocycles. The lowest BCUT2D eigenvalue weighted by Crippen LogP contribution is -2.30. The number of rotatable bonds is 13. The molecule has 0 heterocycles. The van der Waals surface area contributed by atoms with Crippen LogP contribution in [-0.2, 0) is 9.59 Å². The largest absolute Gasteiger partial charge is 0.493 e. The fraction of sp³-hybridized carbons (Fsp3) is 0.216. The van der Waals surface area contributed by atoms with E-state index in [-0.39, 0.29) is 16.9 Å². The van der Waals surface area contributed by atoms with E-state index in [0.29, 0.717) is 40.7 Å². The van der Waals surface area contributed by atoms with Gasteiger partial charge in [0.05, 0.1) is 19.5 Å². The molecule has 1 atom stereocenters. The Hall–Kier alpha value is -5.02. The highest BCUT2D eigenvalue weighted by molar-refractivity contribution is 8.00. The third-order valence-electron chi connectivity index (χ3n) is 7.13. The quantitative estimate of drug-likeness (QED) is 0.102. The van der Waals surface area contributed by atoms with Crippen molar-refractivity contribution < 1.29 is 23.9 Å². The van der Waals surface area contributed by atoms with Crippen molar-refractivity contribution in [3.8, 4) is 11.5 Å². The van der Waals surface area contributed by atoms with Crippen molar-refractivity contribution in [3.05, 3.63) is 119 Å². The molecule has 0 fully saturated rings. The second-order valence-electron chi connectivity index (χ2n) is 10.8. The van der Waals surface area contributed by atoms with Crippen molar-refractivity contribution in [2.75, 3.05) is 24.9 Å². The van der Waals surface area contributed by atoms with Crippen LogP contribution in [0.25, 0.3) is 6.08 Å². The van der Waals surface area contributed by atoms with Crippen molar-refractivity contribution in [1.29, 1.82) is 0 Å². The monoisotopic (exact) mass is 637 g/mol. The number of carbonyl (C=O) groups excluding carboxylic acids is 3. The molecule has 4 rings (SSSR count). The van der Waals surface area contributed by atoms with Crippen molar-refractivity contribution in [2.24, 2.45) is 0 Å². The highest BCUT2D eigenvalue weighted by Gasteiger charge is 2.20. The minimum Gasteiger partial charge on any atom is -0.493 e. The van der Waals surface area contributed by atoms with Crippen molar-refractivity contribution in [2.45, 2.75) is 43.3 Å².